The summed E-state index contributed by atoms with van der Waals surface area (Å²) in [5.74, 6) is 1.06. The predicted octanol–water partition coefficient (Wildman–Crippen LogP) is 3.21. The van der Waals surface area contributed by atoms with E-state index in [0.29, 0.717) is 5.41 Å². The van der Waals surface area contributed by atoms with Crippen molar-refractivity contribution in [3.63, 3.8) is 0 Å². The number of rotatable bonds is 4. The zero-order chi connectivity index (χ0) is 14.9. The van der Waals surface area contributed by atoms with Crippen molar-refractivity contribution >= 4 is 17.7 Å². The van der Waals surface area contributed by atoms with E-state index in [-0.39, 0.29) is 10.3 Å². The van der Waals surface area contributed by atoms with E-state index in [1.807, 2.05) is 11.8 Å². The molecule has 1 saturated heterocycles. The van der Waals surface area contributed by atoms with Crippen LogP contribution >= 0.6 is 11.8 Å². The minimum atomic E-state index is 0.164. The van der Waals surface area contributed by atoms with Crippen LogP contribution in [0.25, 0.3) is 0 Å². The smallest absolute Gasteiger partial charge is 0.194 e. The number of aliphatic imine (C=N–C) groups is 1. The Morgan fingerprint density at radius 3 is 2.26 bits per heavy atom. The van der Waals surface area contributed by atoms with E-state index in [1.54, 1.807) is 0 Å². The van der Waals surface area contributed by atoms with E-state index in [1.165, 1.54) is 0 Å². The third-order valence-electron chi connectivity index (χ3n) is 4.64. The SMILES string of the molecule is CCNC(=NCC(C)(C)SC)N1CC(C)(C)C1(C)C. The monoisotopic (exact) mass is 285 g/mol. The van der Waals surface area contributed by atoms with Gasteiger partial charge in [-0.25, -0.2) is 0 Å². The summed E-state index contributed by atoms with van der Waals surface area (Å²) < 4.78 is 0.200. The van der Waals surface area contributed by atoms with Gasteiger partial charge in [0.1, 0.15) is 0 Å². The summed E-state index contributed by atoms with van der Waals surface area (Å²) in [6, 6.07) is 0. The maximum atomic E-state index is 4.85. The maximum Gasteiger partial charge on any atom is 0.194 e. The van der Waals surface area contributed by atoms with Crippen molar-refractivity contribution in [2.45, 2.75) is 58.8 Å². The van der Waals surface area contributed by atoms with Gasteiger partial charge >= 0.3 is 0 Å². The van der Waals surface area contributed by atoms with E-state index >= 15 is 0 Å². The van der Waals surface area contributed by atoms with Gasteiger partial charge in [0.05, 0.1) is 6.54 Å². The number of guanidine groups is 1. The van der Waals surface area contributed by atoms with Crippen LogP contribution in [-0.2, 0) is 0 Å². The molecular formula is C15H31N3S. The molecule has 0 radical (unpaired) electrons. The van der Waals surface area contributed by atoms with Crippen molar-refractivity contribution in [3.8, 4) is 0 Å². The Balaban J connectivity index is 2.83. The predicted molar refractivity (Wildman–Crippen MR) is 88.1 cm³/mol. The molecule has 0 spiro atoms. The van der Waals surface area contributed by atoms with Crippen molar-refractivity contribution in [2.24, 2.45) is 10.4 Å². The van der Waals surface area contributed by atoms with Gasteiger partial charge in [0, 0.05) is 28.8 Å². The lowest BCUT2D eigenvalue weighted by molar-refractivity contribution is -0.0667. The minimum Gasteiger partial charge on any atom is -0.356 e. The standard InChI is InChI=1S/C15H31N3S/c1-9-16-12(17-10-14(4,5)19-8)18-11-13(2,3)15(18,6)7/h9-11H2,1-8H3,(H,16,17). The molecule has 4 heteroatoms. The van der Waals surface area contributed by atoms with Gasteiger partial charge in [0.25, 0.3) is 0 Å². The number of hydrogen-bond donors (Lipinski definition) is 1. The summed E-state index contributed by atoms with van der Waals surface area (Å²) >= 11 is 1.87. The summed E-state index contributed by atoms with van der Waals surface area (Å²) in [6.07, 6.45) is 2.15. The second kappa shape index (κ2) is 5.55. The summed E-state index contributed by atoms with van der Waals surface area (Å²) in [7, 11) is 0. The zero-order valence-corrected chi connectivity index (χ0v) is 14.7. The third-order valence-corrected chi connectivity index (χ3v) is 5.87. The van der Waals surface area contributed by atoms with Gasteiger partial charge < -0.3 is 10.2 Å². The summed E-state index contributed by atoms with van der Waals surface area (Å²) in [5, 5.41) is 3.44. The van der Waals surface area contributed by atoms with Crippen LogP contribution < -0.4 is 5.32 Å². The molecular weight excluding hydrogens is 254 g/mol. The maximum absolute atomic E-state index is 4.85. The quantitative estimate of drug-likeness (QED) is 0.635. The van der Waals surface area contributed by atoms with Gasteiger partial charge in [-0.2, -0.15) is 11.8 Å². The van der Waals surface area contributed by atoms with Gasteiger partial charge in [0.15, 0.2) is 5.96 Å². The molecule has 0 unspecified atom stereocenters. The molecule has 0 atom stereocenters. The summed E-state index contributed by atoms with van der Waals surface area (Å²) in [5.41, 5.74) is 0.510. The molecule has 1 heterocycles. The first-order valence-corrected chi connectivity index (χ1v) is 8.41. The highest BCUT2D eigenvalue weighted by Gasteiger charge is 2.53. The van der Waals surface area contributed by atoms with Gasteiger partial charge in [-0.05, 0) is 40.9 Å². The van der Waals surface area contributed by atoms with E-state index in [4.69, 9.17) is 4.99 Å². The van der Waals surface area contributed by atoms with Crippen LogP contribution in [-0.4, -0.2) is 47.0 Å². The van der Waals surface area contributed by atoms with Crippen LogP contribution in [0.1, 0.15) is 48.5 Å². The average Bonchev–Trinajstić information content (AvgIpc) is 2.32. The minimum absolute atomic E-state index is 0.164. The Kier molecular flexibility index (Phi) is 4.87. The molecule has 1 aliphatic rings. The first-order valence-electron chi connectivity index (χ1n) is 7.18. The molecule has 0 aromatic carbocycles. The van der Waals surface area contributed by atoms with E-state index < -0.39 is 0 Å². The summed E-state index contributed by atoms with van der Waals surface area (Å²) in [4.78, 5) is 7.26. The number of nitrogens with zero attached hydrogens (tertiary/aromatic N) is 2. The topological polar surface area (TPSA) is 27.6 Å². The van der Waals surface area contributed by atoms with E-state index in [2.05, 4.69) is 64.9 Å². The molecule has 0 amide bonds. The molecule has 0 aromatic heterocycles. The highest BCUT2D eigenvalue weighted by atomic mass is 32.2. The largest absolute Gasteiger partial charge is 0.356 e. The van der Waals surface area contributed by atoms with Crippen molar-refractivity contribution in [1.82, 2.24) is 10.2 Å². The van der Waals surface area contributed by atoms with Crippen molar-refractivity contribution in [1.29, 1.82) is 0 Å². The Hall–Kier alpha value is -0.380. The Labute approximate surface area is 123 Å². The van der Waals surface area contributed by atoms with Crippen LogP contribution in [0.4, 0.5) is 0 Å². The van der Waals surface area contributed by atoms with Crippen molar-refractivity contribution in [3.05, 3.63) is 0 Å². The molecule has 1 rings (SSSR count). The molecule has 1 fully saturated rings. The Bertz CT molecular complexity index is 345. The molecule has 0 aromatic rings. The first kappa shape index (κ1) is 16.7. The average molecular weight is 286 g/mol. The van der Waals surface area contributed by atoms with E-state index in [0.717, 1.165) is 25.6 Å². The normalized spacial score (nSPS) is 22.1. The van der Waals surface area contributed by atoms with Gasteiger partial charge in [0.2, 0.25) is 0 Å². The Morgan fingerprint density at radius 1 is 1.32 bits per heavy atom. The molecule has 1 aliphatic heterocycles. The van der Waals surface area contributed by atoms with Crippen LogP contribution in [0, 0.1) is 5.41 Å². The fraction of sp³-hybridized carbons (Fsp3) is 0.933. The zero-order valence-electron chi connectivity index (χ0n) is 13.9. The lowest BCUT2D eigenvalue weighted by atomic mass is 9.65. The second-order valence-electron chi connectivity index (χ2n) is 7.16. The van der Waals surface area contributed by atoms with Crippen LogP contribution in [0.15, 0.2) is 4.99 Å². The molecule has 3 nitrogen and oxygen atoms in total. The van der Waals surface area contributed by atoms with Gasteiger partial charge in [-0.3, -0.25) is 4.99 Å². The molecule has 0 bridgehead atoms. The molecule has 19 heavy (non-hydrogen) atoms. The van der Waals surface area contributed by atoms with E-state index in [9.17, 15) is 0 Å². The third kappa shape index (κ3) is 3.39. The number of thioether (sulfide) groups is 1. The lowest BCUT2D eigenvalue weighted by Crippen LogP contribution is -2.72. The summed E-state index contributed by atoms with van der Waals surface area (Å²) in [6.45, 7) is 18.8. The number of hydrogen-bond acceptors (Lipinski definition) is 2. The first-order chi connectivity index (χ1) is 8.57. The van der Waals surface area contributed by atoms with Gasteiger partial charge in [-0.15, -0.1) is 0 Å². The van der Waals surface area contributed by atoms with Crippen LogP contribution in [0.3, 0.4) is 0 Å². The Morgan fingerprint density at radius 2 is 1.89 bits per heavy atom. The molecule has 0 saturated carbocycles. The number of nitrogens with one attached hydrogen (secondary N) is 1. The second-order valence-corrected chi connectivity index (χ2v) is 8.68. The van der Waals surface area contributed by atoms with Crippen molar-refractivity contribution < 1.29 is 0 Å². The van der Waals surface area contributed by atoms with Crippen LogP contribution in [0.5, 0.6) is 0 Å². The fourth-order valence-electron chi connectivity index (χ4n) is 2.12. The van der Waals surface area contributed by atoms with Crippen molar-refractivity contribution in [2.75, 3.05) is 25.9 Å². The highest BCUT2D eigenvalue weighted by Crippen LogP contribution is 2.46. The molecule has 1 N–H and O–H groups in total. The number of likely N-dealkylation sites (tertiary alicyclic amines) is 1. The molecule has 0 aliphatic carbocycles. The highest BCUT2D eigenvalue weighted by molar-refractivity contribution is 7.99. The molecule has 112 valence electrons. The fourth-order valence-corrected chi connectivity index (χ4v) is 2.32. The lowest BCUT2D eigenvalue weighted by Gasteiger charge is -2.62. The van der Waals surface area contributed by atoms with Gasteiger partial charge in [-0.1, -0.05) is 13.8 Å². The van der Waals surface area contributed by atoms with Crippen LogP contribution in [0.2, 0.25) is 0 Å².